The average Bonchev–Trinajstić information content (AvgIpc) is 2.48. The number of halogens is 1. The number of carbonyl (C=O) groups excluding carboxylic acids is 1. The molecule has 0 aliphatic rings. The Hall–Kier alpha value is -2.40. The average molecular weight is 289 g/mol. The van der Waals surface area contributed by atoms with E-state index in [1.54, 1.807) is 37.4 Å². The van der Waals surface area contributed by atoms with E-state index in [1.165, 1.54) is 18.2 Å². The molecule has 5 heteroatoms. The number of hydrogen-bond acceptors (Lipinski definition) is 3. The van der Waals surface area contributed by atoms with Gasteiger partial charge in [0.05, 0.1) is 12.2 Å². The van der Waals surface area contributed by atoms with Crippen LogP contribution in [0.4, 0.5) is 10.1 Å². The Morgan fingerprint density at radius 1 is 1.14 bits per heavy atom. The van der Waals surface area contributed by atoms with Crippen molar-refractivity contribution in [1.29, 1.82) is 0 Å². The fourth-order valence-corrected chi connectivity index (χ4v) is 1.75. The predicted molar refractivity (Wildman–Crippen MR) is 78.2 cm³/mol. The molecule has 2 rings (SSSR count). The second-order valence-corrected chi connectivity index (χ2v) is 4.30. The number of carbonyl (C=O) groups is 1. The highest BCUT2D eigenvalue weighted by Crippen LogP contribution is 2.18. The van der Waals surface area contributed by atoms with Crippen LogP contribution in [-0.2, 0) is 4.74 Å². The predicted octanol–water partition coefficient (Wildman–Crippen LogP) is 3.10. The Balaban J connectivity index is 2.04. The molecule has 0 aliphatic carbocycles. The van der Waals surface area contributed by atoms with Gasteiger partial charge in [0.2, 0.25) is 0 Å². The van der Waals surface area contributed by atoms with Gasteiger partial charge in [0.25, 0.3) is 5.91 Å². The van der Waals surface area contributed by atoms with Crippen LogP contribution in [0.1, 0.15) is 10.4 Å². The van der Waals surface area contributed by atoms with Gasteiger partial charge in [0.15, 0.2) is 0 Å². The molecule has 4 nitrogen and oxygen atoms in total. The highest BCUT2D eigenvalue weighted by molar-refractivity contribution is 6.04. The summed E-state index contributed by atoms with van der Waals surface area (Å²) in [6, 6.07) is 12.7. The fraction of sp³-hybridized carbons (Fsp3) is 0.188. The molecule has 0 spiro atoms. The smallest absolute Gasteiger partial charge is 0.258 e. The van der Waals surface area contributed by atoms with Gasteiger partial charge in [0.1, 0.15) is 18.2 Å². The van der Waals surface area contributed by atoms with Crippen LogP contribution < -0.4 is 10.1 Å². The molecule has 0 radical (unpaired) electrons. The molecule has 21 heavy (non-hydrogen) atoms. The van der Waals surface area contributed by atoms with Crippen LogP contribution in [-0.4, -0.2) is 26.2 Å². The number of ether oxygens (including phenoxy) is 2. The fourth-order valence-electron chi connectivity index (χ4n) is 1.75. The summed E-state index contributed by atoms with van der Waals surface area (Å²) in [5.74, 6) is -0.442. The summed E-state index contributed by atoms with van der Waals surface area (Å²) in [6.07, 6.45) is 0. The summed E-state index contributed by atoms with van der Waals surface area (Å²) in [4.78, 5) is 12.0. The number of nitrogens with one attached hydrogen (secondary N) is 1. The van der Waals surface area contributed by atoms with Gasteiger partial charge in [-0.1, -0.05) is 18.2 Å². The van der Waals surface area contributed by atoms with Crippen molar-refractivity contribution in [2.45, 2.75) is 0 Å². The zero-order valence-corrected chi connectivity index (χ0v) is 11.6. The van der Waals surface area contributed by atoms with E-state index in [-0.39, 0.29) is 5.56 Å². The van der Waals surface area contributed by atoms with Gasteiger partial charge in [-0.25, -0.2) is 4.39 Å². The van der Waals surface area contributed by atoms with Crippen molar-refractivity contribution in [1.82, 2.24) is 0 Å². The molecular weight excluding hydrogens is 273 g/mol. The van der Waals surface area contributed by atoms with E-state index in [1.807, 2.05) is 0 Å². The van der Waals surface area contributed by atoms with Gasteiger partial charge >= 0.3 is 0 Å². The normalized spacial score (nSPS) is 10.2. The molecule has 0 saturated heterocycles. The summed E-state index contributed by atoms with van der Waals surface area (Å²) >= 11 is 0. The van der Waals surface area contributed by atoms with Gasteiger partial charge in [-0.15, -0.1) is 0 Å². The van der Waals surface area contributed by atoms with E-state index >= 15 is 0 Å². The maximum Gasteiger partial charge on any atom is 0.258 e. The molecule has 1 amide bonds. The number of rotatable bonds is 6. The number of hydrogen-bond donors (Lipinski definition) is 1. The largest absolute Gasteiger partial charge is 0.491 e. The van der Waals surface area contributed by atoms with Crippen molar-refractivity contribution >= 4 is 11.6 Å². The van der Waals surface area contributed by atoms with Crippen molar-refractivity contribution in [2.24, 2.45) is 0 Å². The molecule has 0 aliphatic heterocycles. The number of amides is 1. The van der Waals surface area contributed by atoms with Crippen LogP contribution in [0.5, 0.6) is 5.75 Å². The third kappa shape index (κ3) is 4.29. The van der Waals surface area contributed by atoms with Crippen LogP contribution in [0.3, 0.4) is 0 Å². The van der Waals surface area contributed by atoms with E-state index in [0.29, 0.717) is 24.7 Å². The Bertz CT molecular complexity index is 616. The van der Waals surface area contributed by atoms with E-state index < -0.39 is 11.7 Å². The lowest BCUT2D eigenvalue weighted by molar-refractivity contribution is 0.102. The van der Waals surface area contributed by atoms with Crippen molar-refractivity contribution in [3.05, 3.63) is 59.9 Å². The lowest BCUT2D eigenvalue weighted by Crippen LogP contribution is -2.13. The van der Waals surface area contributed by atoms with Crippen molar-refractivity contribution in [2.75, 3.05) is 25.6 Å². The van der Waals surface area contributed by atoms with Crippen LogP contribution in [0, 0.1) is 5.82 Å². The Kier molecular flexibility index (Phi) is 5.29. The van der Waals surface area contributed by atoms with Crippen LogP contribution in [0.15, 0.2) is 48.5 Å². The SMILES string of the molecule is COCCOc1cccc(NC(=O)c2ccccc2F)c1. The Morgan fingerprint density at radius 2 is 1.95 bits per heavy atom. The minimum atomic E-state index is -0.553. The molecule has 110 valence electrons. The molecule has 0 unspecified atom stereocenters. The molecule has 0 aromatic heterocycles. The van der Waals surface area contributed by atoms with E-state index in [4.69, 9.17) is 9.47 Å². The van der Waals surface area contributed by atoms with Gasteiger partial charge in [0, 0.05) is 18.9 Å². The lowest BCUT2D eigenvalue weighted by atomic mass is 10.2. The Morgan fingerprint density at radius 3 is 2.71 bits per heavy atom. The van der Waals surface area contributed by atoms with Crippen LogP contribution in [0.2, 0.25) is 0 Å². The molecule has 0 saturated carbocycles. The maximum absolute atomic E-state index is 13.5. The summed E-state index contributed by atoms with van der Waals surface area (Å²) in [7, 11) is 1.59. The van der Waals surface area contributed by atoms with Gasteiger partial charge in [-0.3, -0.25) is 4.79 Å². The van der Waals surface area contributed by atoms with E-state index in [9.17, 15) is 9.18 Å². The first-order valence-electron chi connectivity index (χ1n) is 6.48. The number of anilines is 1. The Labute approximate surface area is 122 Å². The number of benzene rings is 2. The molecule has 2 aromatic carbocycles. The minimum absolute atomic E-state index is 0.00297. The van der Waals surface area contributed by atoms with E-state index in [2.05, 4.69) is 5.32 Å². The topological polar surface area (TPSA) is 47.6 Å². The van der Waals surface area contributed by atoms with Crippen molar-refractivity contribution in [3.63, 3.8) is 0 Å². The highest BCUT2D eigenvalue weighted by Gasteiger charge is 2.11. The highest BCUT2D eigenvalue weighted by atomic mass is 19.1. The third-order valence-corrected chi connectivity index (χ3v) is 2.77. The quantitative estimate of drug-likeness (QED) is 0.831. The molecule has 2 aromatic rings. The molecular formula is C16H16FNO3. The van der Waals surface area contributed by atoms with Gasteiger partial charge < -0.3 is 14.8 Å². The van der Waals surface area contributed by atoms with Crippen molar-refractivity contribution in [3.8, 4) is 5.75 Å². The summed E-state index contributed by atoms with van der Waals surface area (Å²) in [6.45, 7) is 0.896. The second kappa shape index (κ2) is 7.40. The molecule has 0 bridgehead atoms. The number of methoxy groups -OCH3 is 1. The summed E-state index contributed by atoms with van der Waals surface area (Å²) < 4.78 is 23.9. The zero-order valence-electron chi connectivity index (χ0n) is 11.6. The summed E-state index contributed by atoms with van der Waals surface area (Å²) in [5.41, 5.74) is 0.543. The van der Waals surface area contributed by atoms with Crippen molar-refractivity contribution < 1.29 is 18.7 Å². The monoisotopic (exact) mass is 289 g/mol. The molecule has 0 fully saturated rings. The lowest BCUT2D eigenvalue weighted by Gasteiger charge is -2.09. The van der Waals surface area contributed by atoms with Gasteiger partial charge in [-0.05, 0) is 24.3 Å². The van der Waals surface area contributed by atoms with Crippen LogP contribution in [0.25, 0.3) is 0 Å². The van der Waals surface area contributed by atoms with E-state index in [0.717, 1.165) is 0 Å². The minimum Gasteiger partial charge on any atom is -0.491 e. The first-order valence-corrected chi connectivity index (χ1v) is 6.48. The second-order valence-electron chi connectivity index (χ2n) is 4.30. The standard InChI is InChI=1S/C16H16FNO3/c1-20-9-10-21-13-6-4-5-12(11-13)18-16(19)14-7-2-3-8-15(14)17/h2-8,11H,9-10H2,1H3,(H,18,19). The first-order chi connectivity index (χ1) is 10.2. The molecule has 0 atom stereocenters. The summed E-state index contributed by atoms with van der Waals surface area (Å²) in [5, 5.41) is 2.64. The maximum atomic E-state index is 13.5. The molecule has 0 heterocycles. The molecule has 1 N–H and O–H groups in total. The van der Waals surface area contributed by atoms with Gasteiger partial charge in [-0.2, -0.15) is 0 Å². The van der Waals surface area contributed by atoms with Crippen LogP contribution >= 0.6 is 0 Å². The third-order valence-electron chi connectivity index (χ3n) is 2.77. The first kappa shape index (κ1) is 15.0. The zero-order chi connectivity index (χ0) is 15.1.